The molecule has 8 nitrogen and oxygen atoms in total. The maximum absolute atomic E-state index is 12.3. The molecule has 2 amide bonds. The standard InChI is InChI=1S/C17H17N3O5/c1-3-18-16(21)11-5-4-6-13(9-11)19-17(22)12-7-8-15(25-2)14(10-12)20(23)24/h4-10H,3H2,1-2H3,(H,18,21)(H,19,22). The van der Waals surface area contributed by atoms with Crippen LogP contribution in [0, 0.1) is 10.1 Å². The van der Waals surface area contributed by atoms with Gasteiger partial charge in [0.1, 0.15) is 0 Å². The molecule has 0 fully saturated rings. The van der Waals surface area contributed by atoms with Crippen LogP contribution in [0.25, 0.3) is 0 Å². The second-order valence-corrected chi connectivity index (χ2v) is 5.04. The monoisotopic (exact) mass is 343 g/mol. The van der Waals surface area contributed by atoms with Crippen LogP contribution in [-0.2, 0) is 0 Å². The van der Waals surface area contributed by atoms with E-state index in [-0.39, 0.29) is 22.9 Å². The third-order valence-electron chi connectivity index (χ3n) is 3.36. The molecule has 0 aromatic heterocycles. The topological polar surface area (TPSA) is 111 Å². The lowest BCUT2D eigenvalue weighted by atomic mass is 10.1. The molecule has 0 atom stereocenters. The molecule has 0 aliphatic rings. The van der Waals surface area contributed by atoms with Crippen molar-refractivity contribution in [2.24, 2.45) is 0 Å². The maximum Gasteiger partial charge on any atom is 0.311 e. The van der Waals surface area contributed by atoms with Gasteiger partial charge in [0.2, 0.25) is 0 Å². The van der Waals surface area contributed by atoms with Gasteiger partial charge in [0, 0.05) is 29.4 Å². The molecule has 0 aliphatic carbocycles. The maximum atomic E-state index is 12.3. The van der Waals surface area contributed by atoms with E-state index >= 15 is 0 Å². The first-order valence-corrected chi connectivity index (χ1v) is 7.48. The highest BCUT2D eigenvalue weighted by Gasteiger charge is 2.18. The van der Waals surface area contributed by atoms with E-state index in [4.69, 9.17) is 4.74 Å². The van der Waals surface area contributed by atoms with Crippen LogP contribution in [0.15, 0.2) is 42.5 Å². The fraction of sp³-hybridized carbons (Fsp3) is 0.176. The number of carbonyl (C=O) groups excluding carboxylic acids is 2. The van der Waals surface area contributed by atoms with Crippen molar-refractivity contribution < 1.29 is 19.2 Å². The number of nitrogens with one attached hydrogen (secondary N) is 2. The largest absolute Gasteiger partial charge is 0.490 e. The van der Waals surface area contributed by atoms with Crippen LogP contribution in [0.2, 0.25) is 0 Å². The predicted octanol–water partition coefficient (Wildman–Crippen LogP) is 2.61. The lowest BCUT2D eigenvalue weighted by Crippen LogP contribution is -2.22. The molecule has 0 saturated carbocycles. The van der Waals surface area contributed by atoms with Crippen molar-refractivity contribution in [2.75, 3.05) is 19.0 Å². The van der Waals surface area contributed by atoms with Gasteiger partial charge in [-0.05, 0) is 37.3 Å². The van der Waals surface area contributed by atoms with Crippen molar-refractivity contribution in [1.82, 2.24) is 5.32 Å². The van der Waals surface area contributed by atoms with E-state index in [0.717, 1.165) is 6.07 Å². The Bertz CT molecular complexity index is 820. The summed E-state index contributed by atoms with van der Waals surface area (Å²) in [5.74, 6) is -0.711. The van der Waals surface area contributed by atoms with Gasteiger partial charge in [0.05, 0.1) is 12.0 Å². The van der Waals surface area contributed by atoms with Crippen molar-refractivity contribution >= 4 is 23.2 Å². The van der Waals surface area contributed by atoms with Crippen molar-refractivity contribution in [1.29, 1.82) is 0 Å². The summed E-state index contributed by atoms with van der Waals surface area (Å²) in [7, 11) is 1.31. The molecule has 130 valence electrons. The number of rotatable bonds is 6. The van der Waals surface area contributed by atoms with Crippen molar-refractivity contribution in [3.05, 3.63) is 63.7 Å². The van der Waals surface area contributed by atoms with Gasteiger partial charge in [-0.2, -0.15) is 0 Å². The Morgan fingerprint density at radius 2 is 1.84 bits per heavy atom. The number of methoxy groups -OCH3 is 1. The lowest BCUT2D eigenvalue weighted by molar-refractivity contribution is -0.385. The fourth-order valence-electron chi connectivity index (χ4n) is 2.18. The SMILES string of the molecule is CCNC(=O)c1cccc(NC(=O)c2ccc(OC)c([N+](=O)[O-])c2)c1. The van der Waals surface area contributed by atoms with Gasteiger partial charge in [-0.3, -0.25) is 19.7 Å². The Labute approximate surface area is 144 Å². The average molecular weight is 343 g/mol. The Hall–Kier alpha value is -3.42. The summed E-state index contributed by atoms with van der Waals surface area (Å²) in [5.41, 5.74) is 0.620. The van der Waals surface area contributed by atoms with Crippen LogP contribution < -0.4 is 15.4 Å². The number of amides is 2. The number of nitro groups is 1. The second kappa shape index (κ2) is 7.91. The van der Waals surface area contributed by atoms with Crippen molar-refractivity contribution in [3.8, 4) is 5.75 Å². The molecular formula is C17H17N3O5. The summed E-state index contributed by atoms with van der Waals surface area (Å²) in [6.07, 6.45) is 0. The summed E-state index contributed by atoms with van der Waals surface area (Å²) >= 11 is 0. The Balaban J connectivity index is 2.22. The normalized spacial score (nSPS) is 10.0. The third kappa shape index (κ3) is 4.31. The van der Waals surface area contributed by atoms with Gasteiger partial charge >= 0.3 is 5.69 Å². The molecule has 0 aliphatic heterocycles. The summed E-state index contributed by atoms with van der Waals surface area (Å²) in [5, 5.41) is 16.3. The van der Waals surface area contributed by atoms with Crippen LogP contribution in [0.5, 0.6) is 5.75 Å². The quantitative estimate of drug-likeness (QED) is 0.619. The van der Waals surface area contributed by atoms with Gasteiger partial charge in [-0.1, -0.05) is 6.07 Å². The van der Waals surface area contributed by atoms with E-state index in [1.807, 2.05) is 0 Å². The van der Waals surface area contributed by atoms with Crippen LogP contribution in [0.3, 0.4) is 0 Å². The van der Waals surface area contributed by atoms with E-state index in [2.05, 4.69) is 10.6 Å². The summed E-state index contributed by atoms with van der Waals surface area (Å²) in [6, 6.07) is 10.3. The number of ether oxygens (including phenoxy) is 1. The van der Waals surface area contributed by atoms with E-state index in [1.165, 1.54) is 25.3 Å². The number of nitro benzene ring substituents is 1. The first-order chi connectivity index (χ1) is 12.0. The highest BCUT2D eigenvalue weighted by molar-refractivity contribution is 6.05. The highest BCUT2D eigenvalue weighted by Crippen LogP contribution is 2.27. The predicted molar refractivity (Wildman–Crippen MR) is 92.1 cm³/mol. The molecule has 0 saturated heterocycles. The molecule has 2 aromatic carbocycles. The van der Waals surface area contributed by atoms with E-state index in [9.17, 15) is 19.7 Å². The van der Waals surface area contributed by atoms with Crippen LogP contribution in [-0.4, -0.2) is 30.4 Å². The molecule has 0 spiro atoms. The molecule has 0 bridgehead atoms. The van der Waals surface area contributed by atoms with Gasteiger partial charge in [0.25, 0.3) is 11.8 Å². The zero-order valence-corrected chi connectivity index (χ0v) is 13.7. The number of hydrogen-bond acceptors (Lipinski definition) is 5. The average Bonchev–Trinajstić information content (AvgIpc) is 2.61. The van der Waals surface area contributed by atoms with E-state index in [1.54, 1.807) is 25.1 Å². The smallest absolute Gasteiger partial charge is 0.311 e. The highest BCUT2D eigenvalue weighted by atomic mass is 16.6. The molecule has 0 radical (unpaired) electrons. The minimum absolute atomic E-state index is 0.0692. The molecule has 2 N–H and O–H groups in total. The number of hydrogen-bond donors (Lipinski definition) is 2. The zero-order valence-electron chi connectivity index (χ0n) is 13.7. The van der Waals surface area contributed by atoms with Crippen LogP contribution in [0.1, 0.15) is 27.6 Å². The fourth-order valence-corrected chi connectivity index (χ4v) is 2.18. The van der Waals surface area contributed by atoms with Crippen LogP contribution in [0.4, 0.5) is 11.4 Å². The molecule has 25 heavy (non-hydrogen) atoms. The van der Waals surface area contributed by atoms with Gasteiger partial charge in [-0.15, -0.1) is 0 Å². The number of benzene rings is 2. The Kier molecular flexibility index (Phi) is 5.67. The molecule has 0 heterocycles. The number of carbonyl (C=O) groups is 2. The lowest BCUT2D eigenvalue weighted by Gasteiger charge is -2.08. The minimum atomic E-state index is -0.620. The van der Waals surface area contributed by atoms with Crippen molar-refractivity contribution in [3.63, 3.8) is 0 Å². The van der Waals surface area contributed by atoms with Gasteiger partial charge < -0.3 is 15.4 Å². The Morgan fingerprint density at radius 1 is 1.12 bits per heavy atom. The molecule has 2 aromatic rings. The Morgan fingerprint density at radius 3 is 2.48 bits per heavy atom. The van der Waals surface area contributed by atoms with Crippen LogP contribution >= 0.6 is 0 Å². The third-order valence-corrected chi connectivity index (χ3v) is 3.36. The van der Waals surface area contributed by atoms with Gasteiger partial charge in [-0.25, -0.2) is 0 Å². The molecule has 8 heteroatoms. The van der Waals surface area contributed by atoms with Crippen molar-refractivity contribution in [2.45, 2.75) is 6.92 Å². The minimum Gasteiger partial charge on any atom is -0.490 e. The van der Waals surface area contributed by atoms with E-state index in [0.29, 0.717) is 17.8 Å². The zero-order chi connectivity index (χ0) is 18.4. The summed E-state index contributed by atoms with van der Waals surface area (Å²) < 4.78 is 4.91. The summed E-state index contributed by atoms with van der Waals surface area (Å²) in [6.45, 7) is 2.30. The first kappa shape index (κ1) is 17.9. The molecule has 0 unspecified atom stereocenters. The molecular weight excluding hydrogens is 326 g/mol. The molecule has 2 rings (SSSR count). The second-order valence-electron chi connectivity index (χ2n) is 5.04. The number of anilines is 1. The number of nitrogens with zero attached hydrogens (tertiary/aromatic N) is 1. The van der Waals surface area contributed by atoms with E-state index < -0.39 is 10.8 Å². The summed E-state index contributed by atoms with van der Waals surface area (Å²) in [4.78, 5) is 34.6. The first-order valence-electron chi connectivity index (χ1n) is 7.48. The van der Waals surface area contributed by atoms with Gasteiger partial charge in [0.15, 0.2) is 5.75 Å².